The molecule has 0 fully saturated rings. The van der Waals surface area contributed by atoms with Gasteiger partial charge in [-0.25, -0.2) is 13.8 Å². The lowest BCUT2D eigenvalue weighted by Crippen LogP contribution is -2.24. The Balaban J connectivity index is 1.74. The lowest BCUT2D eigenvalue weighted by Gasteiger charge is -2.05. The number of carbonyl (C=O) groups is 1. The Kier molecular flexibility index (Phi) is 4.24. The van der Waals surface area contributed by atoms with Gasteiger partial charge in [-0.05, 0) is 24.3 Å². The molecule has 0 aliphatic heterocycles. The zero-order valence-electron chi connectivity index (χ0n) is 12.4. The van der Waals surface area contributed by atoms with Crippen LogP contribution in [0.2, 0.25) is 0 Å². The minimum absolute atomic E-state index is 0.00926. The summed E-state index contributed by atoms with van der Waals surface area (Å²) < 4.78 is 32.3. The summed E-state index contributed by atoms with van der Waals surface area (Å²) in [5.41, 5.74) is 6.60. The molecule has 0 aliphatic carbocycles. The van der Waals surface area contributed by atoms with Crippen LogP contribution in [0.1, 0.15) is 16.1 Å². The Bertz CT molecular complexity index is 873. The second-order valence-electron chi connectivity index (χ2n) is 5.01. The highest BCUT2D eigenvalue weighted by Crippen LogP contribution is 2.24. The predicted molar refractivity (Wildman–Crippen MR) is 83.9 cm³/mol. The first kappa shape index (κ1) is 15.7. The number of hydrogen-bond acceptors (Lipinski definition) is 4. The summed E-state index contributed by atoms with van der Waals surface area (Å²) in [7, 11) is 0. The van der Waals surface area contributed by atoms with Crippen LogP contribution in [0.3, 0.4) is 0 Å². The molecule has 0 aliphatic rings. The lowest BCUT2D eigenvalue weighted by atomic mass is 10.2. The first-order valence-corrected chi connectivity index (χ1v) is 7.07. The van der Waals surface area contributed by atoms with Gasteiger partial charge in [-0.3, -0.25) is 4.79 Å². The average molecular weight is 329 g/mol. The maximum atomic E-state index is 13.5. The molecule has 122 valence electrons. The Morgan fingerprint density at radius 3 is 2.54 bits per heavy atom. The molecule has 1 heterocycles. The number of nitrogens with zero attached hydrogens (tertiary/aromatic N) is 1. The molecular weight excluding hydrogens is 316 g/mol. The number of anilines is 1. The minimum atomic E-state index is -0.729. The van der Waals surface area contributed by atoms with E-state index in [2.05, 4.69) is 10.3 Å². The number of oxazole rings is 1. The maximum Gasteiger partial charge on any atom is 0.273 e. The summed E-state index contributed by atoms with van der Waals surface area (Å²) in [5, 5.41) is 2.40. The van der Waals surface area contributed by atoms with Gasteiger partial charge in [0.2, 0.25) is 5.89 Å². The van der Waals surface area contributed by atoms with Gasteiger partial charge in [-0.1, -0.05) is 18.2 Å². The first-order chi connectivity index (χ1) is 11.6. The fraction of sp³-hybridized carbons (Fsp3) is 0.0588. The fourth-order valence-electron chi connectivity index (χ4n) is 2.15. The van der Waals surface area contributed by atoms with Crippen LogP contribution in [0.4, 0.5) is 14.5 Å². The van der Waals surface area contributed by atoms with E-state index in [1.807, 2.05) is 0 Å². The molecular formula is C17H13F2N3O2. The lowest BCUT2D eigenvalue weighted by molar-refractivity contribution is 0.0945. The van der Waals surface area contributed by atoms with Gasteiger partial charge in [0.05, 0.1) is 5.56 Å². The number of carbonyl (C=O) groups excluding carboxylic acids is 1. The smallest absolute Gasteiger partial charge is 0.273 e. The number of amides is 1. The Morgan fingerprint density at radius 2 is 1.83 bits per heavy atom. The molecule has 7 heteroatoms. The zero-order chi connectivity index (χ0) is 17.1. The van der Waals surface area contributed by atoms with Crippen LogP contribution < -0.4 is 11.1 Å². The number of nitrogens with two attached hydrogens (primary N) is 1. The van der Waals surface area contributed by atoms with Crippen LogP contribution in [-0.4, -0.2) is 10.9 Å². The summed E-state index contributed by atoms with van der Waals surface area (Å²) in [6.07, 6.45) is 1.16. The van der Waals surface area contributed by atoms with E-state index in [-0.39, 0.29) is 23.7 Å². The van der Waals surface area contributed by atoms with Gasteiger partial charge in [0.1, 0.15) is 17.9 Å². The SMILES string of the molecule is Nc1ccccc1-c1nc(C(=O)NCc2c(F)cccc2F)co1. The van der Waals surface area contributed by atoms with Crippen LogP contribution in [0.25, 0.3) is 11.5 Å². The molecule has 1 aromatic heterocycles. The molecule has 1 amide bonds. The quantitative estimate of drug-likeness (QED) is 0.721. The van der Waals surface area contributed by atoms with E-state index in [1.54, 1.807) is 24.3 Å². The number of hydrogen-bond donors (Lipinski definition) is 2. The highest BCUT2D eigenvalue weighted by molar-refractivity contribution is 5.92. The summed E-state index contributed by atoms with van der Waals surface area (Å²) in [6, 6.07) is 10.4. The van der Waals surface area contributed by atoms with E-state index in [0.29, 0.717) is 11.3 Å². The Hall–Kier alpha value is -3.22. The molecule has 0 unspecified atom stereocenters. The molecule has 24 heavy (non-hydrogen) atoms. The third-order valence-electron chi connectivity index (χ3n) is 3.42. The topological polar surface area (TPSA) is 81.1 Å². The van der Waals surface area contributed by atoms with Crippen molar-refractivity contribution in [2.45, 2.75) is 6.54 Å². The molecule has 3 N–H and O–H groups in total. The second kappa shape index (κ2) is 6.49. The van der Waals surface area contributed by atoms with Crippen LogP contribution in [0, 0.1) is 11.6 Å². The molecule has 0 atom stereocenters. The van der Waals surface area contributed by atoms with Gasteiger partial charge in [0.15, 0.2) is 5.69 Å². The van der Waals surface area contributed by atoms with Crippen molar-refractivity contribution in [3.63, 3.8) is 0 Å². The fourth-order valence-corrected chi connectivity index (χ4v) is 2.15. The Labute approximate surface area is 136 Å². The number of rotatable bonds is 4. The zero-order valence-corrected chi connectivity index (χ0v) is 12.4. The van der Waals surface area contributed by atoms with Crippen molar-refractivity contribution in [3.8, 4) is 11.5 Å². The molecule has 3 rings (SSSR count). The normalized spacial score (nSPS) is 10.6. The van der Waals surface area contributed by atoms with Gasteiger partial charge in [0, 0.05) is 17.8 Å². The minimum Gasteiger partial charge on any atom is -0.444 e. The van der Waals surface area contributed by atoms with Crippen LogP contribution in [0.15, 0.2) is 53.1 Å². The molecule has 0 saturated carbocycles. The highest BCUT2D eigenvalue weighted by Gasteiger charge is 2.16. The van der Waals surface area contributed by atoms with Crippen molar-refractivity contribution in [2.24, 2.45) is 0 Å². The van der Waals surface area contributed by atoms with Gasteiger partial charge < -0.3 is 15.5 Å². The number of nitrogens with one attached hydrogen (secondary N) is 1. The van der Waals surface area contributed by atoms with Crippen LogP contribution in [0.5, 0.6) is 0 Å². The summed E-state index contributed by atoms with van der Waals surface area (Å²) in [6.45, 7) is -0.299. The number of aromatic nitrogens is 1. The second-order valence-corrected chi connectivity index (χ2v) is 5.01. The van der Waals surface area contributed by atoms with Gasteiger partial charge in [-0.2, -0.15) is 0 Å². The van der Waals surface area contributed by atoms with Crippen molar-refractivity contribution in [1.29, 1.82) is 0 Å². The third-order valence-corrected chi connectivity index (χ3v) is 3.42. The third kappa shape index (κ3) is 3.10. The molecule has 0 bridgehead atoms. The van der Waals surface area contributed by atoms with Crippen molar-refractivity contribution < 1.29 is 18.0 Å². The number of benzene rings is 2. The molecule has 0 saturated heterocycles. The van der Waals surface area contributed by atoms with E-state index in [9.17, 15) is 13.6 Å². The van der Waals surface area contributed by atoms with E-state index in [0.717, 1.165) is 18.4 Å². The number of nitrogen functional groups attached to an aromatic ring is 1. The monoisotopic (exact) mass is 329 g/mol. The molecule has 0 spiro atoms. The average Bonchev–Trinajstić information content (AvgIpc) is 3.04. The van der Waals surface area contributed by atoms with E-state index in [1.165, 1.54) is 6.07 Å². The van der Waals surface area contributed by atoms with E-state index < -0.39 is 17.5 Å². The summed E-state index contributed by atoms with van der Waals surface area (Å²) in [5.74, 6) is -1.88. The van der Waals surface area contributed by atoms with Crippen molar-refractivity contribution in [3.05, 3.63) is 71.6 Å². The predicted octanol–water partition coefficient (Wildman–Crippen LogP) is 3.13. The van der Waals surface area contributed by atoms with Gasteiger partial charge >= 0.3 is 0 Å². The maximum absolute atomic E-state index is 13.5. The highest BCUT2D eigenvalue weighted by atomic mass is 19.1. The van der Waals surface area contributed by atoms with Crippen LogP contribution in [-0.2, 0) is 6.54 Å². The van der Waals surface area contributed by atoms with E-state index >= 15 is 0 Å². The van der Waals surface area contributed by atoms with Crippen LogP contribution >= 0.6 is 0 Å². The van der Waals surface area contributed by atoms with Crippen molar-refractivity contribution >= 4 is 11.6 Å². The molecule has 5 nitrogen and oxygen atoms in total. The number of halogens is 2. The van der Waals surface area contributed by atoms with Gasteiger partial charge in [-0.15, -0.1) is 0 Å². The van der Waals surface area contributed by atoms with Gasteiger partial charge in [0.25, 0.3) is 5.91 Å². The largest absolute Gasteiger partial charge is 0.444 e. The van der Waals surface area contributed by atoms with Crippen molar-refractivity contribution in [2.75, 3.05) is 5.73 Å². The van der Waals surface area contributed by atoms with Crippen molar-refractivity contribution in [1.82, 2.24) is 10.3 Å². The molecule has 2 aromatic carbocycles. The Morgan fingerprint density at radius 1 is 1.12 bits per heavy atom. The summed E-state index contributed by atoms with van der Waals surface area (Å²) in [4.78, 5) is 16.1. The van der Waals surface area contributed by atoms with E-state index in [4.69, 9.17) is 10.2 Å². The number of para-hydroxylation sites is 1. The standard InChI is InChI=1S/C17H13F2N3O2/c18-12-5-3-6-13(19)11(12)8-21-16(23)15-9-24-17(22-15)10-4-1-2-7-14(10)20/h1-7,9H,8,20H2,(H,21,23). The molecule has 3 aromatic rings. The summed E-state index contributed by atoms with van der Waals surface area (Å²) >= 11 is 0. The molecule has 0 radical (unpaired) electrons. The first-order valence-electron chi connectivity index (χ1n) is 7.07.